The van der Waals surface area contributed by atoms with Crippen LogP contribution in [-0.4, -0.2) is 50.7 Å². The van der Waals surface area contributed by atoms with Crippen LogP contribution in [0.3, 0.4) is 0 Å². The van der Waals surface area contributed by atoms with Gasteiger partial charge >= 0.3 is 5.97 Å². The number of nitrogens with one attached hydrogen (secondary N) is 2. The van der Waals surface area contributed by atoms with Gasteiger partial charge in [-0.1, -0.05) is 0 Å². The molecule has 0 saturated heterocycles. The molecule has 22 heavy (non-hydrogen) atoms. The summed E-state index contributed by atoms with van der Waals surface area (Å²) in [6, 6.07) is 3.89. The maximum absolute atomic E-state index is 11.7. The minimum atomic E-state index is -0.810. The second-order valence-corrected chi connectivity index (χ2v) is 4.16. The number of likely N-dealkylation sites (N-methyl/N-ethyl adjacent to an activating group) is 1. The minimum absolute atomic E-state index is 0.00658. The molecule has 9 heteroatoms. The van der Waals surface area contributed by atoms with Crippen LogP contribution in [0.1, 0.15) is 10.4 Å². The summed E-state index contributed by atoms with van der Waals surface area (Å²) in [5.41, 5.74) is 0.00305. The van der Waals surface area contributed by atoms with Gasteiger partial charge in [-0.3, -0.25) is 14.9 Å². The molecular formula is C13H17N3O6. The Labute approximate surface area is 126 Å². The highest BCUT2D eigenvalue weighted by atomic mass is 16.6. The molecule has 0 aliphatic heterocycles. The van der Waals surface area contributed by atoms with E-state index in [0.717, 1.165) is 6.07 Å². The number of ether oxygens (including phenoxy) is 2. The van der Waals surface area contributed by atoms with Crippen molar-refractivity contribution in [1.29, 1.82) is 0 Å². The summed E-state index contributed by atoms with van der Waals surface area (Å²) in [7, 11) is 2.92. The number of rotatable bonds is 8. The molecule has 0 saturated carbocycles. The van der Waals surface area contributed by atoms with E-state index in [9.17, 15) is 19.7 Å². The molecule has 2 N–H and O–H groups in total. The molecule has 0 aromatic heterocycles. The zero-order valence-corrected chi connectivity index (χ0v) is 12.3. The fourth-order valence-electron chi connectivity index (χ4n) is 1.53. The first-order chi connectivity index (χ1) is 10.5. The van der Waals surface area contributed by atoms with E-state index in [4.69, 9.17) is 9.47 Å². The number of carbonyl (C=O) groups excluding carboxylic acids is 2. The van der Waals surface area contributed by atoms with Gasteiger partial charge in [0, 0.05) is 26.8 Å². The lowest BCUT2D eigenvalue weighted by Crippen LogP contribution is -2.25. The molecule has 0 unspecified atom stereocenters. The quantitative estimate of drug-likeness (QED) is 0.311. The van der Waals surface area contributed by atoms with Crippen LogP contribution in [0.2, 0.25) is 0 Å². The van der Waals surface area contributed by atoms with Crippen LogP contribution in [0.5, 0.6) is 0 Å². The van der Waals surface area contributed by atoms with Gasteiger partial charge < -0.3 is 20.1 Å². The molecule has 0 atom stereocenters. The summed E-state index contributed by atoms with van der Waals surface area (Å²) < 4.78 is 9.59. The maximum Gasteiger partial charge on any atom is 0.338 e. The predicted molar refractivity (Wildman–Crippen MR) is 77.8 cm³/mol. The van der Waals surface area contributed by atoms with Crippen LogP contribution in [0, 0.1) is 10.1 Å². The molecule has 1 rings (SSSR count). The molecular weight excluding hydrogens is 294 g/mol. The van der Waals surface area contributed by atoms with Crippen molar-refractivity contribution in [3.8, 4) is 0 Å². The third-order valence-electron chi connectivity index (χ3n) is 2.66. The number of hydrogen-bond acceptors (Lipinski definition) is 7. The third kappa shape index (κ3) is 5.02. The van der Waals surface area contributed by atoms with Gasteiger partial charge in [-0.15, -0.1) is 0 Å². The van der Waals surface area contributed by atoms with Crippen molar-refractivity contribution in [3.63, 3.8) is 0 Å². The number of nitrogens with zero attached hydrogens (tertiary/aromatic N) is 1. The first kappa shape index (κ1) is 17.4. The molecule has 0 bridgehead atoms. The standard InChI is InChI=1S/C13H17N3O6/c1-14-12(17)8-22-13(18)9-3-4-10(15-5-6-21-2)11(7-9)16(19)20/h3-4,7,15H,5-6,8H2,1-2H3,(H,14,17). The van der Waals surface area contributed by atoms with Gasteiger partial charge in [0.1, 0.15) is 5.69 Å². The van der Waals surface area contributed by atoms with Gasteiger partial charge in [0.25, 0.3) is 11.6 Å². The number of amides is 1. The van der Waals surface area contributed by atoms with E-state index in [1.54, 1.807) is 0 Å². The third-order valence-corrected chi connectivity index (χ3v) is 2.66. The van der Waals surface area contributed by atoms with Crippen LogP contribution in [0.25, 0.3) is 0 Å². The second kappa shape index (κ2) is 8.57. The van der Waals surface area contributed by atoms with Gasteiger partial charge in [-0.25, -0.2) is 4.79 Å². The van der Waals surface area contributed by atoms with Crippen molar-refractivity contribution in [2.75, 3.05) is 39.2 Å². The van der Waals surface area contributed by atoms with E-state index in [-0.39, 0.29) is 16.9 Å². The molecule has 120 valence electrons. The zero-order valence-electron chi connectivity index (χ0n) is 12.3. The van der Waals surface area contributed by atoms with E-state index < -0.39 is 23.4 Å². The molecule has 1 aromatic carbocycles. The summed E-state index contributed by atoms with van der Waals surface area (Å²) in [6.07, 6.45) is 0. The SMILES string of the molecule is CNC(=O)COC(=O)c1ccc(NCCOC)c([N+](=O)[O-])c1. The fourth-order valence-corrected chi connectivity index (χ4v) is 1.53. The van der Waals surface area contributed by atoms with E-state index in [1.165, 1.54) is 26.3 Å². The average molecular weight is 311 g/mol. The monoisotopic (exact) mass is 311 g/mol. The lowest BCUT2D eigenvalue weighted by Gasteiger charge is -2.08. The van der Waals surface area contributed by atoms with Crippen molar-refractivity contribution in [2.45, 2.75) is 0 Å². The van der Waals surface area contributed by atoms with Gasteiger partial charge in [0.15, 0.2) is 6.61 Å². The highest BCUT2D eigenvalue weighted by molar-refractivity contribution is 5.92. The van der Waals surface area contributed by atoms with E-state index in [2.05, 4.69) is 10.6 Å². The average Bonchev–Trinajstić information content (AvgIpc) is 2.52. The number of nitro benzene ring substituents is 1. The Balaban J connectivity index is 2.85. The minimum Gasteiger partial charge on any atom is -0.452 e. The van der Waals surface area contributed by atoms with Crippen molar-refractivity contribution in [3.05, 3.63) is 33.9 Å². The Morgan fingerprint density at radius 1 is 1.36 bits per heavy atom. The van der Waals surface area contributed by atoms with Crippen molar-refractivity contribution < 1.29 is 24.0 Å². The molecule has 0 radical (unpaired) electrons. The number of anilines is 1. The summed E-state index contributed by atoms with van der Waals surface area (Å²) >= 11 is 0. The van der Waals surface area contributed by atoms with Gasteiger partial charge in [-0.2, -0.15) is 0 Å². The molecule has 0 fully saturated rings. The van der Waals surface area contributed by atoms with E-state index in [1.807, 2.05) is 0 Å². The summed E-state index contributed by atoms with van der Waals surface area (Å²) in [6.45, 7) is 0.321. The van der Waals surface area contributed by atoms with Gasteiger partial charge in [-0.05, 0) is 12.1 Å². The molecule has 0 aliphatic rings. The van der Waals surface area contributed by atoms with Gasteiger partial charge in [0.05, 0.1) is 17.1 Å². The topological polar surface area (TPSA) is 120 Å². The summed E-state index contributed by atoms with van der Waals surface area (Å²) in [5, 5.41) is 16.2. The van der Waals surface area contributed by atoms with Crippen LogP contribution in [0.4, 0.5) is 11.4 Å². The lowest BCUT2D eigenvalue weighted by atomic mass is 10.1. The maximum atomic E-state index is 11.7. The van der Waals surface area contributed by atoms with Crippen LogP contribution >= 0.6 is 0 Å². The number of esters is 1. The molecule has 9 nitrogen and oxygen atoms in total. The molecule has 1 amide bonds. The lowest BCUT2D eigenvalue weighted by molar-refractivity contribution is -0.384. The smallest absolute Gasteiger partial charge is 0.338 e. The Kier molecular flexibility index (Phi) is 6.77. The largest absolute Gasteiger partial charge is 0.452 e. The highest BCUT2D eigenvalue weighted by Crippen LogP contribution is 2.25. The molecule has 0 heterocycles. The molecule has 0 spiro atoms. The molecule has 0 aliphatic carbocycles. The highest BCUT2D eigenvalue weighted by Gasteiger charge is 2.18. The van der Waals surface area contributed by atoms with Crippen molar-refractivity contribution in [1.82, 2.24) is 5.32 Å². The fraction of sp³-hybridized carbons (Fsp3) is 0.385. The summed E-state index contributed by atoms with van der Waals surface area (Å²) in [4.78, 5) is 33.2. The Morgan fingerprint density at radius 2 is 2.09 bits per heavy atom. The van der Waals surface area contributed by atoms with Crippen LogP contribution < -0.4 is 10.6 Å². The Morgan fingerprint density at radius 3 is 2.68 bits per heavy atom. The van der Waals surface area contributed by atoms with Crippen molar-refractivity contribution in [2.24, 2.45) is 0 Å². The normalized spacial score (nSPS) is 9.91. The van der Waals surface area contributed by atoms with Crippen LogP contribution in [0.15, 0.2) is 18.2 Å². The van der Waals surface area contributed by atoms with E-state index in [0.29, 0.717) is 13.2 Å². The second-order valence-electron chi connectivity index (χ2n) is 4.16. The molecule has 1 aromatic rings. The zero-order chi connectivity index (χ0) is 16.5. The Hall–Kier alpha value is -2.68. The number of benzene rings is 1. The first-order valence-electron chi connectivity index (χ1n) is 6.38. The number of carbonyl (C=O) groups is 2. The van der Waals surface area contributed by atoms with Crippen molar-refractivity contribution >= 4 is 23.3 Å². The summed E-state index contributed by atoms with van der Waals surface area (Å²) in [5.74, 6) is -1.28. The number of nitro groups is 1. The number of hydrogen-bond donors (Lipinski definition) is 2. The number of methoxy groups -OCH3 is 1. The first-order valence-corrected chi connectivity index (χ1v) is 6.38. The van der Waals surface area contributed by atoms with Crippen LogP contribution in [-0.2, 0) is 14.3 Å². The predicted octanol–water partition coefficient (Wildman–Crippen LogP) is 0.556. The Bertz CT molecular complexity index is 561. The van der Waals surface area contributed by atoms with E-state index >= 15 is 0 Å². The van der Waals surface area contributed by atoms with Gasteiger partial charge in [0.2, 0.25) is 0 Å².